The zero-order valence-corrected chi connectivity index (χ0v) is 12.2. The number of aliphatic hydroxyl groups excluding tert-OH is 1. The monoisotopic (exact) mass is 316 g/mol. The number of carboxylic acids is 1. The summed E-state index contributed by atoms with van der Waals surface area (Å²) in [5.74, 6) is -0.762. The lowest BCUT2D eigenvalue weighted by molar-refractivity contribution is -0.146. The van der Waals surface area contributed by atoms with Crippen molar-refractivity contribution in [1.82, 2.24) is 10.6 Å². The summed E-state index contributed by atoms with van der Waals surface area (Å²) < 4.78 is 5.14. The third kappa shape index (κ3) is 5.49. The van der Waals surface area contributed by atoms with Crippen LogP contribution >= 0.6 is 11.6 Å². The number of carboxylic acid groups (broad SMARTS) is 1. The molecule has 0 aliphatic carbocycles. The fourth-order valence-electron chi connectivity index (χ4n) is 1.58. The number of hydrogen-bond acceptors (Lipinski definition) is 4. The Morgan fingerprint density at radius 1 is 1.38 bits per heavy atom. The maximum atomic E-state index is 11.5. The van der Waals surface area contributed by atoms with Gasteiger partial charge in [0.1, 0.15) is 5.75 Å². The highest BCUT2D eigenvalue weighted by Crippen LogP contribution is 2.25. The SMILES string of the molecule is COc1cccc(Cl)c1CNC(=O)NCC[C@H](O)C(=O)O. The number of aliphatic carboxylic acids is 1. The standard InChI is InChI=1S/C13H17ClN2O5/c1-21-11-4-2-3-9(14)8(11)7-16-13(20)15-6-5-10(17)12(18)19/h2-4,10,17H,5-7H2,1H3,(H,18,19)(H2,15,16,20)/t10-/m0/s1. The maximum Gasteiger partial charge on any atom is 0.332 e. The molecule has 1 rings (SSSR count). The van der Waals surface area contributed by atoms with E-state index in [1.54, 1.807) is 18.2 Å². The van der Waals surface area contributed by atoms with E-state index in [0.29, 0.717) is 16.3 Å². The Hall–Kier alpha value is -1.99. The number of carbonyl (C=O) groups is 2. The van der Waals surface area contributed by atoms with Gasteiger partial charge in [0.2, 0.25) is 0 Å². The summed E-state index contributed by atoms with van der Waals surface area (Å²) in [7, 11) is 1.50. The second-order valence-electron chi connectivity index (χ2n) is 4.17. The summed E-state index contributed by atoms with van der Waals surface area (Å²) in [6.45, 7) is 0.203. The minimum atomic E-state index is -1.49. The lowest BCUT2D eigenvalue weighted by atomic mass is 10.2. The van der Waals surface area contributed by atoms with E-state index in [4.69, 9.17) is 26.6 Å². The molecule has 1 atom stereocenters. The van der Waals surface area contributed by atoms with Crippen molar-refractivity contribution in [2.45, 2.75) is 19.1 Å². The molecular weight excluding hydrogens is 300 g/mol. The van der Waals surface area contributed by atoms with Gasteiger partial charge in [0, 0.05) is 30.1 Å². The van der Waals surface area contributed by atoms with Crippen molar-refractivity contribution in [3.8, 4) is 5.75 Å². The molecule has 0 aliphatic rings. The van der Waals surface area contributed by atoms with Crippen LogP contribution < -0.4 is 15.4 Å². The number of rotatable bonds is 7. The second kappa shape index (κ2) is 8.33. The number of halogens is 1. The van der Waals surface area contributed by atoms with Crippen LogP contribution in [0.5, 0.6) is 5.75 Å². The molecule has 0 aliphatic heterocycles. The molecule has 0 spiro atoms. The van der Waals surface area contributed by atoms with E-state index in [9.17, 15) is 9.59 Å². The summed E-state index contributed by atoms with van der Waals surface area (Å²) in [6.07, 6.45) is -1.56. The Morgan fingerprint density at radius 2 is 2.10 bits per heavy atom. The van der Waals surface area contributed by atoms with Crippen molar-refractivity contribution in [2.75, 3.05) is 13.7 Å². The predicted molar refractivity (Wildman–Crippen MR) is 76.5 cm³/mol. The Labute approximate surface area is 126 Å². The van der Waals surface area contributed by atoms with E-state index >= 15 is 0 Å². The summed E-state index contributed by atoms with van der Waals surface area (Å²) >= 11 is 6.02. The van der Waals surface area contributed by atoms with Crippen LogP contribution in [-0.2, 0) is 11.3 Å². The average Bonchev–Trinajstić information content (AvgIpc) is 2.45. The Kier molecular flexibility index (Phi) is 6.77. The first kappa shape index (κ1) is 17.1. The third-order valence-corrected chi connectivity index (χ3v) is 3.06. The summed E-state index contributed by atoms with van der Waals surface area (Å²) in [5, 5.41) is 23.0. The topological polar surface area (TPSA) is 108 Å². The Morgan fingerprint density at radius 3 is 2.71 bits per heavy atom. The molecule has 0 aromatic heterocycles. The molecule has 1 aromatic rings. The average molecular weight is 317 g/mol. The van der Waals surface area contributed by atoms with Gasteiger partial charge in [-0.25, -0.2) is 9.59 Å². The number of nitrogens with one attached hydrogen (secondary N) is 2. The van der Waals surface area contributed by atoms with E-state index in [0.717, 1.165) is 0 Å². The van der Waals surface area contributed by atoms with Crippen LogP contribution in [0.15, 0.2) is 18.2 Å². The first-order valence-electron chi connectivity index (χ1n) is 6.19. The van der Waals surface area contributed by atoms with Crippen LogP contribution in [-0.4, -0.2) is 42.0 Å². The zero-order valence-electron chi connectivity index (χ0n) is 11.4. The van der Waals surface area contributed by atoms with Crippen molar-refractivity contribution >= 4 is 23.6 Å². The van der Waals surface area contributed by atoms with Crippen LogP contribution in [0.1, 0.15) is 12.0 Å². The Bertz CT molecular complexity index is 509. The van der Waals surface area contributed by atoms with Crippen molar-refractivity contribution in [1.29, 1.82) is 0 Å². The highest BCUT2D eigenvalue weighted by atomic mass is 35.5. The first-order chi connectivity index (χ1) is 9.95. The molecule has 0 bridgehead atoms. The lowest BCUT2D eigenvalue weighted by Crippen LogP contribution is -2.37. The summed E-state index contributed by atoms with van der Waals surface area (Å²) in [5.41, 5.74) is 0.641. The number of amides is 2. The van der Waals surface area contributed by atoms with Gasteiger partial charge in [-0.1, -0.05) is 17.7 Å². The molecule has 1 aromatic carbocycles. The molecule has 4 N–H and O–H groups in total. The van der Waals surface area contributed by atoms with E-state index in [-0.39, 0.29) is 19.5 Å². The van der Waals surface area contributed by atoms with E-state index < -0.39 is 18.1 Å². The van der Waals surface area contributed by atoms with Gasteiger partial charge >= 0.3 is 12.0 Å². The molecule has 0 fully saturated rings. The highest BCUT2D eigenvalue weighted by molar-refractivity contribution is 6.31. The molecule has 0 saturated carbocycles. The van der Waals surface area contributed by atoms with Crippen LogP contribution in [0.25, 0.3) is 0 Å². The van der Waals surface area contributed by atoms with Gasteiger partial charge in [0.25, 0.3) is 0 Å². The molecule has 0 heterocycles. The van der Waals surface area contributed by atoms with E-state index in [1.165, 1.54) is 7.11 Å². The number of carbonyl (C=O) groups excluding carboxylic acids is 1. The normalized spacial score (nSPS) is 11.6. The van der Waals surface area contributed by atoms with Crippen molar-refractivity contribution < 1.29 is 24.5 Å². The van der Waals surface area contributed by atoms with Gasteiger partial charge in [-0.05, 0) is 12.1 Å². The van der Waals surface area contributed by atoms with Gasteiger partial charge in [0.15, 0.2) is 6.10 Å². The van der Waals surface area contributed by atoms with E-state index in [1.807, 2.05) is 0 Å². The molecule has 0 unspecified atom stereocenters. The second-order valence-corrected chi connectivity index (χ2v) is 4.58. The smallest absolute Gasteiger partial charge is 0.332 e. The number of methoxy groups -OCH3 is 1. The number of urea groups is 1. The van der Waals surface area contributed by atoms with Gasteiger partial charge in [0.05, 0.1) is 7.11 Å². The number of aliphatic hydroxyl groups is 1. The van der Waals surface area contributed by atoms with Gasteiger partial charge in [-0.15, -0.1) is 0 Å². The molecular formula is C13H17ClN2O5. The first-order valence-corrected chi connectivity index (χ1v) is 6.57. The van der Waals surface area contributed by atoms with Gasteiger partial charge in [-0.2, -0.15) is 0 Å². The van der Waals surface area contributed by atoms with Gasteiger partial charge < -0.3 is 25.6 Å². The molecule has 0 radical (unpaired) electrons. The fraction of sp³-hybridized carbons (Fsp3) is 0.385. The molecule has 116 valence electrons. The molecule has 8 heteroatoms. The number of hydrogen-bond donors (Lipinski definition) is 4. The molecule has 0 saturated heterocycles. The van der Waals surface area contributed by atoms with Crippen molar-refractivity contribution in [2.24, 2.45) is 0 Å². The third-order valence-electron chi connectivity index (χ3n) is 2.71. The number of benzene rings is 1. The lowest BCUT2D eigenvalue weighted by Gasteiger charge is -2.12. The summed E-state index contributed by atoms with van der Waals surface area (Å²) in [4.78, 5) is 21.9. The minimum Gasteiger partial charge on any atom is -0.496 e. The molecule has 7 nitrogen and oxygen atoms in total. The quantitative estimate of drug-likeness (QED) is 0.600. The largest absolute Gasteiger partial charge is 0.496 e. The van der Waals surface area contributed by atoms with Crippen molar-refractivity contribution in [3.63, 3.8) is 0 Å². The van der Waals surface area contributed by atoms with Crippen LogP contribution in [0.4, 0.5) is 4.79 Å². The highest BCUT2D eigenvalue weighted by Gasteiger charge is 2.13. The number of ether oxygens (including phenoxy) is 1. The van der Waals surface area contributed by atoms with Crippen LogP contribution in [0.2, 0.25) is 5.02 Å². The minimum absolute atomic E-state index is 0.0406. The van der Waals surface area contributed by atoms with Crippen LogP contribution in [0.3, 0.4) is 0 Å². The fourth-order valence-corrected chi connectivity index (χ4v) is 1.81. The predicted octanol–water partition coefficient (Wildman–Crippen LogP) is 0.983. The maximum absolute atomic E-state index is 11.5. The summed E-state index contributed by atoms with van der Waals surface area (Å²) in [6, 6.07) is 4.65. The Balaban J connectivity index is 2.42. The van der Waals surface area contributed by atoms with Gasteiger partial charge in [-0.3, -0.25) is 0 Å². The van der Waals surface area contributed by atoms with Crippen molar-refractivity contribution in [3.05, 3.63) is 28.8 Å². The molecule has 21 heavy (non-hydrogen) atoms. The van der Waals surface area contributed by atoms with E-state index in [2.05, 4.69) is 10.6 Å². The molecule has 2 amide bonds. The van der Waals surface area contributed by atoms with Crippen LogP contribution in [0, 0.1) is 0 Å². The zero-order chi connectivity index (χ0) is 15.8.